The molecule has 1 unspecified atom stereocenters. The number of carbonyl (C=O) groups excluding carboxylic acids is 2. The van der Waals surface area contributed by atoms with Crippen LogP contribution in [-0.4, -0.2) is 40.8 Å². The van der Waals surface area contributed by atoms with Gasteiger partial charge in [0.05, 0.1) is 4.88 Å². The van der Waals surface area contributed by atoms with E-state index in [9.17, 15) is 9.59 Å². The Hall–Kier alpha value is -2.97. The standard InChI is InChI=1S/C28H31N3O3S2/c1-28(2,3)24-12-6-14-30(24)25(32)13-7-15-31(26(33)23-11-8-16-35-23)27-29-20(18-36-27)22-17-19-9-4-5-10-21(19)34-22/h4-5,8-11,16-18,24H,6-7,12-15H2,1-3H3. The molecule has 0 saturated carbocycles. The molecular formula is C28H31N3O3S2. The molecular weight excluding hydrogens is 490 g/mol. The summed E-state index contributed by atoms with van der Waals surface area (Å²) in [4.78, 5) is 35.7. The number of thiophene rings is 1. The fraction of sp³-hybridized carbons (Fsp3) is 0.393. The summed E-state index contributed by atoms with van der Waals surface area (Å²) in [6, 6.07) is 13.8. The molecule has 1 aliphatic heterocycles. The number of carbonyl (C=O) groups is 2. The predicted molar refractivity (Wildman–Crippen MR) is 147 cm³/mol. The largest absolute Gasteiger partial charge is 0.454 e. The van der Waals surface area contributed by atoms with Gasteiger partial charge in [-0.15, -0.1) is 22.7 Å². The van der Waals surface area contributed by atoms with Gasteiger partial charge in [0.2, 0.25) is 5.91 Å². The highest BCUT2D eigenvalue weighted by molar-refractivity contribution is 7.14. The summed E-state index contributed by atoms with van der Waals surface area (Å²) in [7, 11) is 0. The second-order valence-corrected chi connectivity index (χ2v) is 12.1. The second kappa shape index (κ2) is 10.2. The lowest BCUT2D eigenvalue weighted by molar-refractivity contribution is -0.133. The molecule has 5 rings (SSSR count). The van der Waals surface area contributed by atoms with Crippen molar-refractivity contribution in [2.75, 3.05) is 18.0 Å². The molecule has 1 aromatic carbocycles. The lowest BCUT2D eigenvalue weighted by atomic mass is 9.85. The predicted octanol–water partition coefficient (Wildman–Crippen LogP) is 7.08. The first-order chi connectivity index (χ1) is 17.3. The van der Waals surface area contributed by atoms with Gasteiger partial charge in [0.1, 0.15) is 11.3 Å². The molecule has 188 valence electrons. The number of rotatable bonds is 7. The molecule has 6 nitrogen and oxygen atoms in total. The maximum absolute atomic E-state index is 13.4. The number of furan rings is 1. The molecule has 0 bridgehead atoms. The molecule has 0 spiro atoms. The Kier molecular flexibility index (Phi) is 6.99. The van der Waals surface area contributed by atoms with Crippen molar-refractivity contribution in [1.82, 2.24) is 9.88 Å². The third-order valence-electron chi connectivity index (χ3n) is 6.72. The van der Waals surface area contributed by atoms with Crippen molar-refractivity contribution < 1.29 is 14.0 Å². The second-order valence-electron chi connectivity index (χ2n) is 10.3. The third-order valence-corrected chi connectivity index (χ3v) is 8.44. The van der Waals surface area contributed by atoms with Crippen LogP contribution in [0.5, 0.6) is 0 Å². The van der Waals surface area contributed by atoms with E-state index in [1.54, 1.807) is 4.90 Å². The molecule has 1 atom stereocenters. The smallest absolute Gasteiger partial charge is 0.270 e. The molecule has 2 amide bonds. The summed E-state index contributed by atoms with van der Waals surface area (Å²) in [6.07, 6.45) is 3.12. The number of hydrogen-bond donors (Lipinski definition) is 0. The minimum absolute atomic E-state index is 0.0707. The van der Waals surface area contributed by atoms with E-state index in [1.807, 2.05) is 53.2 Å². The maximum Gasteiger partial charge on any atom is 0.270 e. The van der Waals surface area contributed by atoms with E-state index in [2.05, 4.69) is 25.7 Å². The van der Waals surface area contributed by atoms with Gasteiger partial charge in [-0.1, -0.05) is 45.0 Å². The summed E-state index contributed by atoms with van der Waals surface area (Å²) in [6.45, 7) is 7.86. The van der Waals surface area contributed by atoms with Crippen LogP contribution in [0.2, 0.25) is 0 Å². The Morgan fingerprint density at radius 2 is 2.00 bits per heavy atom. The number of thiazole rings is 1. The highest BCUT2D eigenvalue weighted by Crippen LogP contribution is 2.34. The van der Waals surface area contributed by atoms with E-state index >= 15 is 0 Å². The van der Waals surface area contributed by atoms with Gasteiger partial charge in [0.15, 0.2) is 10.9 Å². The molecule has 0 N–H and O–H groups in total. The lowest BCUT2D eigenvalue weighted by Crippen LogP contribution is -2.43. The Labute approximate surface area is 219 Å². The molecule has 1 saturated heterocycles. The molecule has 1 fully saturated rings. The van der Waals surface area contributed by atoms with E-state index in [0.29, 0.717) is 40.8 Å². The zero-order valence-electron chi connectivity index (χ0n) is 20.9. The number of aromatic nitrogens is 1. The molecule has 4 aromatic rings. The average Bonchev–Trinajstić information content (AvgIpc) is 3.66. The monoisotopic (exact) mass is 521 g/mol. The summed E-state index contributed by atoms with van der Waals surface area (Å²) in [5.41, 5.74) is 1.58. The van der Waals surface area contributed by atoms with Crippen LogP contribution in [0.15, 0.2) is 57.6 Å². The molecule has 1 aliphatic rings. The van der Waals surface area contributed by atoms with Gasteiger partial charge < -0.3 is 9.32 Å². The number of fused-ring (bicyclic) bond motifs is 1. The number of hydrogen-bond acceptors (Lipinski definition) is 6. The van der Waals surface area contributed by atoms with Crippen molar-refractivity contribution in [2.45, 2.75) is 52.5 Å². The maximum atomic E-state index is 13.4. The molecule has 36 heavy (non-hydrogen) atoms. The van der Waals surface area contributed by atoms with Crippen molar-refractivity contribution in [1.29, 1.82) is 0 Å². The number of amides is 2. The highest BCUT2D eigenvalue weighted by atomic mass is 32.1. The van der Waals surface area contributed by atoms with Crippen molar-refractivity contribution in [2.24, 2.45) is 5.41 Å². The SMILES string of the molecule is CC(C)(C)C1CCCN1C(=O)CCCN(C(=O)c1cccs1)c1nc(-c2cc3ccccc3o2)cs1. The lowest BCUT2D eigenvalue weighted by Gasteiger charge is -2.35. The number of anilines is 1. The quantitative estimate of drug-likeness (QED) is 0.261. The minimum atomic E-state index is -0.0864. The van der Waals surface area contributed by atoms with Crippen LogP contribution in [0.1, 0.15) is 56.1 Å². The zero-order chi connectivity index (χ0) is 25.3. The number of para-hydroxylation sites is 1. The number of likely N-dealkylation sites (tertiary alicyclic amines) is 1. The molecule has 3 aromatic heterocycles. The fourth-order valence-corrected chi connectivity index (χ4v) is 6.43. The summed E-state index contributed by atoms with van der Waals surface area (Å²) in [5.74, 6) is 0.773. The van der Waals surface area contributed by atoms with Crippen LogP contribution < -0.4 is 4.90 Å². The first-order valence-electron chi connectivity index (χ1n) is 12.4. The Bertz CT molecular complexity index is 1320. The molecule has 4 heterocycles. The van der Waals surface area contributed by atoms with Crippen molar-refractivity contribution in [3.63, 3.8) is 0 Å². The van der Waals surface area contributed by atoms with Gasteiger partial charge >= 0.3 is 0 Å². The summed E-state index contributed by atoms with van der Waals surface area (Å²) < 4.78 is 5.98. The van der Waals surface area contributed by atoms with E-state index in [0.717, 1.165) is 30.4 Å². The normalized spacial score (nSPS) is 16.1. The molecule has 0 aliphatic carbocycles. The van der Waals surface area contributed by atoms with Gasteiger partial charge in [0, 0.05) is 36.3 Å². The van der Waals surface area contributed by atoms with E-state index in [-0.39, 0.29) is 23.3 Å². The van der Waals surface area contributed by atoms with Gasteiger partial charge in [-0.25, -0.2) is 4.98 Å². The summed E-state index contributed by atoms with van der Waals surface area (Å²) in [5, 5.41) is 5.45. The van der Waals surface area contributed by atoms with Crippen LogP contribution >= 0.6 is 22.7 Å². The number of nitrogens with zero attached hydrogens (tertiary/aromatic N) is 3. The average molecular weight is 522 g/mol. The number of benzene rings is 1. The van der Waals surface area contributed by atoms with Crippen LogP contribution in [-0.2, 0) is 4.79 Å². The minimum Gasteiger partial charge on any atom is -0.454 e. The Morgan fingerprint density at radius 3 is 2.75 bits per heavy atom. The Morgan fingerprint density at radius 1 is 1.17 bits per heavy atom. The van der Waals surface area contributed by atoms with Crippen LogP contribution in [0, 0.1) is 5.41 Å². The highest BCUT2D eigenvalue weighted by Gasteiger charge is 2.36. The van der Waals surface area contributed by atoms with Crippen LogP contribution in [0.3, 0.4) is 0 Å². The first kappa shape index (κ1) is 24.7. The van der Waals surface area contributed by atoms with Crippen LogP contribution in [0.25, 0.3) is 22.4 Å². The first-order valence-corrected chi connectivity index (χ1v) is 14.2. The van der Waals surface area contributed by atoms with E-state index in [1.165, 1.54) is 22.7 Å². The van der Waals surface area contributed by atoms with Gasteiger partial charge in [0.25, 0.3) is 5.91 Å². The van der Waals surface area contributed by atoms with Crippen molar-refractivity contribution in [3.05, 3.63) is 58.1 Å². The zero-order valence-corrected chi connectivity index (χ0v) is 22.5. The topological polar surface area (TPSA) is 66.7 Å². The Balaban J connectivity index is 1.32. The third kappa shape index (κ3) is 5.11. The van der Waals surface area contributed by atoms with Gasteiger partial charge in [-0.3, -0.25) is 14.5 Å². The van der Waals surface area contributed by atoms with Gasteiger partial charge in [-0.05, 0) is 48.3 Å². The van der Waals surface area contributed by atoms with Crippen molar-refractivity contribution >= 4 is 50.6 Å². The fourth-order valence-electron chi connectivity index (χ4n) is 4.92. The van der Waals surface area contributed by atoms with Gasteiger partial charge in [-0.2, -0.15) is 0 Å². The molecule has 0 radical (unpaired) electrons. The van der Waals surface area contributed by atoms with Crippen molar-refractivity contribution in [3.8, 4) is 11.5 Å². The van der Waals surface area contributed by atoms with E-state index < -0.39 is 0 Å². The summed E-state index contributed by atoms with van der Waals surface area (Å²) >= 11 is 2.83. The van der Waals surface area contributed by atoms with Crippen LogP contribution in [0.4, 0.5) is 5.13 Å². The molecule has 8 heteroatoms. The van der Waals surface area contributed by atoms with E-state index in [4.69, 9.17) is 9.40 Å².